The van der Waals surface area contributed by atoms with Crippen LogP contribution in [0.25, 0.3) is 11.0 Å². The van der Waals surface area contributed by atoms with E-state index in [-0.39, 0.29) is 5.92 Å². The molecule has 1 saturated carbocycles. The van der Waals surface area contributed by atoms with E-state index in [9.17, 15) is 4.79 Å². The summed E-state index contributed by atoms with van der Waals surface area (Å²) in [4.78, 5) is 13.1. The van der Waals surface area contributed by atoms with Gasteiger partial charge in [0.1, 0.15) is 11.3 Å². The van der Waals surface area contributed by atoms with Gasteiger partial charge in [0.05, 0.1) is 5.56 Å². The van der Waals surface area contributed by atoms with E-state index in [1.54, 1.807) is 0 Å². The van der Waals surface area contributed by atoms with Crippen LogP contribution in [0.1, 0.15) is 68.0 Å². The molecule has 3 rings (SSSR count). The fourth-order valence-electron chi connectivity index (χ4n) is 3.54. The third-order valence-electron chi connectivity index (χ3n) is 4.71. The van der Waals surface area contributed by atoms with E-state index >= 15 is 0 Å². The van der Waals surface area contributed by atoms with Gasteiger partial charge in [0, 0.05) is 17.7 Å². The molecule has 1 fully saturated rings. The van der Waals surface area contributed by atoms with E-state index in [0.717, 1.165) is 41.6 Å². The van der Waals surface area contributed by atoms with Crippen molar-refractivity contribution >= 4 is 16.8 Å². The lowest BCUT2D eigenvalue weighted by atomic mass is 9.84. The molecule has 1 aliphatic rings. The summed E-state index contributed by atoms with van der Waals surface area (Å²) in [6, 6.07) is 7.94. The molecule has 1 aromatic heterocycles. The molecule has 0 saturated heterocycles. The first-order valence-corrected chi connectivity index (χ1v) is 8.36. The van der Waals surface area contributed by atoms with E-state index < -0.39 is 0 Å². The molecular weight excluding hydrogens is 260 g/mol. The lowest BCUT2D eigenvalue weighted by molar-refractivity contribution is 0.0898. The fourth-order valence-corrected chi connectivity index (χ4v) is 3.54. The molecule has 0 aliphatic heterocycles. The van der Waals surface area contributed by atoms with Crippen molar-refractivity contribution in [3.05, 3.63) is 35.6 Å². The smallest absolute Gasteiger partial charge is 0.170 e. The van der Waals surface area contributed by atoms with Gasteiger partial charge in [-0.25, -0.2) is 0 Å². The number of rotatable bonds is 3. The highest BCUT2D eigenvalue weighted by Crippen LogP contribution is 2.32. The summed E-state index contributed by atoms with van der Waals surface area (Å²) in [7, 11) is 0. The monoisotopic (exact) mass is 284 g/mol. The lowest BCUT2D eigenvalue weighted by Crippen LogP contribution is -2.17. The Morgan fingerprint density at radius 2 is 1.76 bits per heavy atom. The molecule has 0 spiro atoms. The van der Waals surface area contributed by atoms with Gasteiger partial charge in [-0.1, -0.05) is 57.2 Å². The second-order valence-corrected chi connectivity index (χ2v) is 6.16. The van der Waals surface area contributed by atoms with Gasteiger partial charge in [0.2, 0.25) is 0 Å². The zero-order valence-electron chi connectivity index (χ0n) is 12.9. The number of ketones is 1. The van der Waals surface area contributed by atoms with Crippen molar-refractivity contribution in [1.82, 2.24) is 0 Å². The van der Waals surface area contributed by atoms with E-state index in [4.69, 9.17) is 4.42 Å². The maximum absolute atomic E-state index is 13.1. The number of hydrogen-bond acceptors (Lipinski definition) is 2. The van der Waals surface area contributed by atoms with Crippen LogP contribution in [-0.2, 0) is 6.42 Å². The highest BCUT2D eigenvalue weighted by Gasteiger charge is 2.26. The summed E-state index contributed by atoms with van der Waals surface area (Å²) < 4.78 is 5.90. The van der Waals surface area contributed by atoms with Crippen LogP contribution in [-0.4, -0.2) is 5.78 Å². The third kappa shape index (κ3) is 2.90. The molecule has 0 radical (unpaired) electrons. The van der Waals surface area contributed by atoms with Gasteiger partial charge >= 0.3 is 0 Å². The van der Waals surface area contributed by atoms with E-state index in [1.165, 1.54) is 32.1 Å². The Hall–Kier alpha value is -1.57. The molecule has 1 heterocycles. The highest BCUT2D eigenvalue weighted by atomic mass is 16.3. The van der Waals surface area contributed by atoms with Crippen LogP contribution in [0.3, 0.4) is 0 Å². The summed E-state index contributed by atoms with van der Waals surface area (Å²) in [6.07, 6.45) is 9.12. The molecule has 1 aromatic carbocycles. The number of Topliss-reactive ketones (excluding diaryl/α,β-unsaturated/α-hetero) is 1. The lowest BCUT2D eigenvalue weighted by Gasteiger charge is -2.18. The molecule has 2 heteroatoms. The molecule has 0 unspecified atom stereocenters. The summed E-state index contributed by atoms with van der Waals surface area (Å²) >= 11 is 0. The first-order valence-electron chi connectivity index (χ1n) is 8.36. The maximum Gasteiger partial charge on any atom is 0.170 e. The standard InChI is InChI=1S/C19H24O2/c1-2-16-18(15-12-8-9-13-17(15)21-16)19(20)14-10-6-4-3-5-7-11-14/h8-9,12-14H,2-7,10-11H2,1H3. The molecule has 0 N–H and O–H groups in total. The Morgan fingerprint density at radius 1 is 1.10 bits per heavy atom. The number of carbonyl (C=O) groups is 1. The molecule has 112 valence electrons. The van der Waals surface area contributed by atoms with Gasteiger partial charge < -0.3 is 4.42 Å². The maximum atomic E-state index is 13.1. The van der Waals surface area contributed by atoms with Crippen molar-refractivity contribution in [2.75, 3.05) is 0 Å². The minimum absolute atomic E-state index is 0.191. The van der Waals surface area contributed by atoms with Gasteiger partial charge in [-0.3, -0.25) is 4.79 Å². The van der Waals surface area contributed by atoms with Crippen molar-refractivity contribution in [2.45, 2.75) is 58.3 Å². The quantitative estimate of drug-likeness (QED) is 0.693. The van der Waals surface area contributed by atoms with E-state index in [1.807, 2.05) is 24.3 Å². The second kappa shape index (κ2) is 6.46. The Morgan fingerprint density at radius 3 is 2.48 bits per heavy atom. The van der Waals surface area contributed by atoms with Crippen molar-refractivity contribution in [3.8, 4) is 0 Å². The van der Waals surface area contributed by atoms with Crippen LogP contribution in [0.2, 0.25) is 0 Å². The minimum atomic E-state index is 0.191. The Balaban J connectivity index is 1.95. The molecule has 0 amide bonds. The molecule has 0 atom stereocenters. The Kier molecular flexibility index (Phi) is 4.42. The van der Waals surface area contributed by atoms with Gasteiger partial charge in [-0.2, -0.15) is 0 Å². The van der Waals surface area contributed by atoms with Gasteiger partial charge in [0.25, 0.3) is 0 Å². The predicted molar refractivity (Wildman–Crippen MR) is 85.7 cm³/mol. The highest BCUT2D eigenvalue weighted by molar-refractivity contribution is 6.09. The van der Waals surface area contributed by atoms with E-state index in [2.05, 4.69) is 6.92 Å². The SMILES string of the molecule is CCc1oc2ccccc2c1C(=O)C1CCCCCCC1. The summed E-state index contributed by atoms with van der Waals surface area (Å²) in [5.41, 5.74) is 1.71. The number of furan rings is 1. The molecule has 2 aromatic rings. The number of aryl methyl sites for hydroxylation is 1. The van der Waals surface area contributed by atoms with Crippen LogP contribution in [0, 0.1) is 5.92 Å². The van der Waals surface area contributed by atoms with Crippen LogP contribution in [0.15, 0.2) is 28.7 Å². The third-order valence-corrected chi connectivity index (χ3v) is 4.71. The van der Waals surface area contributed by atoms with Crippen LogP contribution >= 0.6 is 0 Å². The molecule has 21 heavy (non-hydrogen) atoms. The van der Waals surface area contributed by atoms with Crippen molar-refractivity contribution in [2.24, 2.45) is 5.92 Å². The Labute approximate surface area is 126 Å². The van der Waals surface area contributed by atoms with Gasteiger partial charge in [-0.05, 0) is 18.9 Å². The molecular formula is C19H24O2. The summed E-state index contributed by atoms with van der Waals surface area (Å²) in [5, 5.41) is 1.00. The number of para-hydroxylation sites is 1. The first-order chi connectivity index (χ1) is 10.3. The number of hydrogen-bond donors (Lipinski definition) is 0. The average Bonchev–Trinajstić information content (AvgIpc) is 2.84. The van der Waals surface area contributed by atoms with Crippen LogP contribution in [0.4, 0.5) is 0 Å². The predicted octanol–water partition coefficient (Wildman–Crippen LogP) is 5.54. The topological polar surface area (TPSA) is 30.2 Å². The molecule has 1 aliphatic carbocycles. The fraction of sp³-hybridized carbons (Fsp3) is 0.526. The molecule has 2 nitrogen and oxygen atoms in total. The number of carbonyl (C=O) groups excluding carboxylic acids is 1. The zero-order chi connectivity index (χ0) is 14.7. The van der Waals surface area contributed by atoms with E-state index in [0.29, 0.717) is 5.78 Å². The van der Waals surface area contributed by atoms with Crippen LogP contribution < -0.4 is 0 Å². The molecule has 0 bridgehead atoms. The Bertz CT molecular complexity index is 616. The second-order valence-electron chi connectivity index (χ2n) is 6.16. The normalized spacial score (nSPS) is 17.6. The zero-order valence-corrected chi connectivity index (χ0v) is 12.9. The van der Waals surface area contributed by atoms with Crippen LogP contribution in [0.5, 0.6) is 0 Å². The number of fused-ring (bicyclic) bond motifs is 1. The van der Waals surface area contributed by atoms with Crippen molar-refractivity contribution < 1.29 is 9.21 Å². The first kappa shape index (κ1) is 14.4. The van der Waals surface area contributed by atoms with Gasteiger partial charge in [0.15, 0.2) is 5.78 Å². The van der Waals surface area contributed by atoms with Gasteiger partial charge in [-0.15, -0.1) is 0 Å². The van der Waals surface area contributed by atoms with Crippen molar-refractivity contribution in [1.29, 1.82) is 0 Å². The summed E-state index contributed by atoms with van der Waals surface area (Å²) in [6.45, 7) is 2.06. The average molecular weight is 284 g/mol. The minimum Gasteiger partial charge on any atom is -0.460 e. The van der Waals surface area contributed by atoms with Crippen molar-refractivity contribution in [3.63, 3.8) is 0 Å². The largest absolute Gasteiger partial charge is 0.460 e. The summed E-state index contributed by atoms with van der Waals surface area (Å²) in [5.74, 6) is 1.37. The number of benzene rings is 1.